The fraction of sp³-hybridized carbons (Fsp3) is 0.787. The molecule has 0 aromatic carbocycles. The van der Waals surface area contributed by atoms with Crippen molar-refractivity contribution in [3.63, 3.8) is 0 Å². The van der Waals surface area contributed by atoms with Crippen molar-refractivity contribution in [1.82, 2.24) is 39.8 Å². The lowest BCUT2D eigenvalue weighted by atomic mass is 9.77. The number of ether oxygens (including phenoxy) is 8. The van der Waals surface area contributed by atoms with Gasteiger partial charge in [-0.05, 0) is 89.3 Å². The SMILES string of the molecule is C.C.C=C(C)C(=O)CCCOCCOCCOCCn1cc(CN2CCC3(CC2)COC3)nn1.C=C(C)C(=O)Cl.NCCOCCOCCOCCn1cc(CN2CCC3(CC2)COC3)nn1. The zero-order valence-electron chi connectivity index (χ0n) is 39.1. The normalized spacial score (nSPS) is 17.1. The van der Waals surface area contributed by atoms with Crippen molar-refractivity contribution >= 4 is 22.6 Å². The first-order valence-electron chi connectivity index (χ1n) is 23.1. The van der Waals surface area contributed by atoms with Gasteiger partial charge in [-0.25, -0.2) is 9.36 Å². The van der Waals surface area contributed by atoms with E-state index in [4.69, 9.17) is 55.2 Å². The number of aromatic nitrogens is 6. The van der Waals surface area contributed by atoms with Crippen LogP contribution in [0.1, 0.15) is 78.6 Å². The largest absolute Gasteiger partial charge is 0.380 e. The molecule has 2 aromatic heterocycles. The number of nitrogens with zero attached hydrogens (tertiary/aromatic N) is 8. The van der Waals surface area contributed by atoms with E-state index in [0.717, 1.165) is 77.1 Å². The molecule has 67 heavy (non-hydrogen) atoms. The van der Waals surface area contributed by atoms with E-state index in [1.807, 2.05) is 21.8 Å². The summed E-state index contributed by atoms with van der Waals surface area (Å²) in [5.74, 6) is 0.101. The van der Waals surface area contributed by atoms with Crippen LogP contribution < -0.4 is 5.73 Å². The van der Waals surface area contributed by atoms with Crippen LogP contribution in [0.3, 0.4) is 0 Å². The molecule has 0 amide bonds. The summed E-state index contributed by atoms with van der Waals surface area (Å²) in [4.78, 5) is 26.1. The Hall–Kier alpha value is -3.05. The van der Waals surface area contributed by atoms with Gasteiger partial charge in [-0.1, -0.05) is 38.4 Å². The highest BCUT2D eigenvalue weighted by molar-refractivity contribution is 6.67. The summed E-state index contributed by atoms with van der Waals surface area (Å²) in [5.41, 5.74) is 9.31. The minimum absolute atomic E-state index is 0. The molecule has 384 valence electrons. The number of ketones is 1. The minimum Gasteiger partial charge on any atom is -0.380 e. The van der Waals surface area contributed by atoms with Crippen molar-refractivity contribution in [2.45, 2.75) is 93.4 Å². The second-order valence-corrected chi connectivity index (χ2v) is 17.7. The molecule has 4 fully saturated rings. The van der Waals surface area contributed by atoms with Gasteiger partial charge in [0.05, 0.1) is 124 Å². The smallest absolute Gasteiger partial charge is 0.247 e. The Labute approximate surface area is 405 Å². The van der Waals surface area contributed by atoms with Crippen LogP contribution in [-0.4, -0.2) is 189 Å². The van der Waals surface area contributed by atoms with Gasteiger partial charge >= 0.3 is 0 Å². The molecule has 2 aromatic rings. The summed E-state index contributed by atoms with van der Waals surface area (Å²) in [6, 6.07) is 0. The van der Waals surface area contributed by atoms with Gasteiger partial charge in [-0.2, -0.15) is 0 Å². The van der Waals surface area contributed by atoms with Gasteiger partial charge in [-0.3, -0.25) is 19.4 Å². The van der Waals surface area contributed by atoms with E-state index in [1.165, 1.54) is 25.7 Å². The molecule has 6 heterocycles. The van der Waals surface area contributed by atoms with Crippen molar-refractivity contribution < 1.29 is 47.5 Å². The number of Topliss-reactive ketones (excluding diaryl/α,β-unsaturated/α-hetero) is 1. The van der Waals surface area contributed by atoms with Crippen LogP contribution in [-0.2, 0) is 73.7 Å². The standard InChI is InChI=1S/C23H38N4O5.C18H33N5O4.C4H5ClO.2CH4/c1-20(2)22(28)4-3-10-29-12-14-31-15-13-30-11-9-27-17-21(24-25-27)16-26-7-5-23(6-8-26)18-32-19-23;19-3-7-24-9-11-26-12-10-25-8-6-23-14-17(20-21-23)13-22-4-1-18(2-5-22)15-27-16-18;1-3(2)4(5)6;;/h17H,1,3-16,18-19H2,2H3;14H,1-13,15-16,19H2;1H2,2H3;2*1H4. The maximum Gasteiger partial charge on any atom is 0.247 e. The minimum atomic E-state index is -0.463. The van der Waals surface area contributed by atoms with Crippen molar-refractivity contribution in [3.8, 4) is 0 Å². The van der Waals surface area contributed by atoms with E-state index in [2.05, 4.69) is 43.6 Å². The molecular formula is C47H84ClN9O10. The third kappa shape index (κ3) is 24.4. The summed E-state index contributed by atoms with van der Waals surface area (Å²) in [6.45, 7) is 28.8. The number of carbonyl (C=O) groups excluding carboxylic acids is 2. The molecular weight excluding hydrogens is 886 g/mol. The van der Waals surface area contributed by atoms with Crippen molar-refractivity contribution in [3.05, 3.63) is 48.1 Å². The molecule has 20 heteroatoms. The molecule has 0 atom stereocenters. The Bertz CT molecular complexity index is 1640. The third-order valence-corrected chi connectivity index (χ3v) is 11.9. The van der Waals surface area contributed by atoms with Crippen molar-refractivity contribution in [2.75, 3.05) is 138 Å². The first-order chi connectivity index (χ1) is 31.5. The molecule has 2 spiro atoms. The third-order valence-electron chi connectivity index (χ3n) is 11.6. The predicted octanol–water partition coefficient (Wildman–Crippen LogP) is 4.36. The van der Waals surface area contributed by atoms with E-state index in [1.54, 1.807) is 13.8 Å². The van der Waals surface area contributed by atoms with Crippen LogP contribution in [0.2, 0.25) is 0 Å². The number of hydrogen-bond donors (Lipinski definition) is 1. The predicted molar refractivity (Wildman–Crippen MR) is 258 cm³/mol. The van der Waals surface area contributed by atoms with Crippen molar-refractivity contribution in [2.24, 2.45) is 16.6 Å². The summed E-state index contributed by atoms with van der Waals surface area (Å²) in [5, 5.41) is 16.5. The monoisotopic (exact) mass is 970 g/mol. The highest BCUT2D eigenvalue weighted by Gasteiger charge is 2.42. The Morgan fingerprint density at radius 3 is 1.31 bits per heavy atom. The molecule has 0 saturated carbocycles. The lowest BCUT2D eigenvalue weighted by Gasteiger charge is -2.47. The molecule has 0 bridgehead atoms. The number of rotatable bonds is 30. The number of piperidine rings is 2. The van der Waals surface area contributed by atoms with Gasteiger partial charge in [0.25, 0.3) is 0 Å². The van der Waals surface area contributed by atoms with Gasteiger partial charge in [0.1, 0.15) is 0 Å². The van der Waals surface area contributed by atoms with E-state index in [0.29, 0.717) is 134 Å². The van der Waals surface area contributed by atoms with Crippen LogP contribution in [0.4, 0.5) is 0 Å². The number of halogens is 1. The highest BCUT2D eigenvalue weighted by Crippen LogP contribution is 2.39. The Morgan fingerprint density at radius 2 is 0.985 bits per heavy atom. The van der Waals surface area contributed by atoms with Gasteiger partial charge in [-0.15, -0.1) is 10.2 Å². The van der Waals surface area contributed by atoms with E-state index in [-0.39, 0.29) is 20.6 Å². The van der Waals surface area contributed by atoms with Gasteiger partial charge in [0.2, 0.25) is 5.24 Å². The number of allylic oxidation sites excluding steroid dienone is 2. The zero-order valence-corrected chi connectivity index (χ0v) is 39.9. The summed E-state index contributed by atoms with van der Waals surface area (Å²) in [6.07, 6.45) is 10.1. The fourth-order valence-corrected chi connectivity index (χ4v) is 7.26. The number of nitrogens with two attached hydrogens (primary N) is 1. The summed E-state index contributed by atoms with van der Waals surface area (Å²) < 4.78 is 47.2. The molecule has 6 rings (SSSR count). The average molecular weight is 971 g/mol. The maximum absolute atomic E-state index is 11.4. The molecule has 4 saturated heterocycles. The van der Waals surface area contributed by atoms with Crippen molar-refractivity contribution in [1.29, 1.82) is 0 Å². The number of likely N-dealkylation sites (tertiary alicyclic amines) is 2. The van der Waals surface area contributed by atoms with E-state index >= 15 is 0 Å². The lowest BCUT2D eigenvalue weighted by Crippen LogP contribution is -2.50. The molecule has 4 aliphatic heterocycles. The molecule has 0 unspecified atom stereocenters. The lowest BCUT2D eigenvalue weighted by molar-refractivity contribution is -0.140. The fourth-order valence-electron chi connectivity index (χ4n) is 7.26. The molecule has 0 radical (unpaired) electrons. The van der Waals surface area contributed by atoms with Crippen LogP contribution in [0.25, 0.3) is 0 Å². The second-order valence-electron chi connectivity index (χ2n) is 17.3. The van der Waals surface area contributed by atoms with Gasteiger partial charge < -0.3 is 43.6 Å². The van der Waals surface area contributed by atoms with Crippen LogP contribution in [0.5, 0.6) is 0 Å². The van der Waals surface area contributed by atoms with E-state index < -0.39 is 5.24 Å². The topological polar surface area (TPSA) is 202 Å². The Morgan fingerprint density at radius 1 is 0.627 bits per heavy atom. The Kier molecular flexibility index (Phi) is 30.7. The quantitative estimate of drug-likeness (QED) is 0.0657. The average Bonchev–Trinajstić information content (AvgIpc) is 3.93. The molecule has 19 nitrogen and oxygen atoms in total. The summed E-state index contributed by atoms with van der Waals surface area (Å²) in [7, 11) is 0. The van der Waals surface area contributed by atoms with Crippen LogP contribution >= 0.6 is 11.6 Å². The van der Waals surface area contributed by atoms with Crippen LogP contribution in [0.15, 0.2) is 36.7 Å². The highest BCUT2D eigenvalue weighted by atomic mass is 35.5. The number of hydrogen-bond acceptors (Lipinski definition) is 17. The summed E-state index contributed by atoms with van der Waals surface area (Å²) >= 11 is 4.87. The van der Waals surface area contributed by atoms with Gasteiger partial charge in [0, 0.05) is 61.5 Å². The zero-order chi connectivity index (χ0) is 46.6. The molecule has 0 aliphatic carbocycles. The Balaban J connectivity index is 0.000000403. The van der Waals surface area contributed by atoms with Crippen LogP contribution in [0, 0.1) is 10.8 Å². The van der Waals surface area contributed by atoms with E-state index in [9.17, 15) is 9.59 Å². The molecule has 4 aliphatic rings. The number of carbonyl (C=O) groups is 2. The first kappa shape index (κ1) is 60.1. The molecule has 2 N–H and O–H groups in total. The second kappa shape index (κ2) is 34.3. The van der Waals surface area contributed by atoms with Gasteiger partial charge in [0.15, 0.2) is 5.78 Å². The first-order valence-corrected chi connectivity index (χ1v) is 23.5. The maximum atomic E-state index is 11.4.